The topological polar surface area (TPSA) is 23.5 Å². The van der Waals surface area contributed by atoms with E-state index in [0.717, 1.165) is 26.1 Å². The first-order valence-electron chi connectivity index (χ1n) is 6.00. The lowest BCUT2D eigenvalue weighted by molar-refractivity contribution is 0.0947. The first kappa shape index (κ1) is 13.9. The van der Waals surface area contributed by atoms with Gasteiger partial charge in [-0.2, -0.15) is 0 Å². The van der Waals surface area contributed by atoms with E-state index < -0.39 is 0 Å². The summed E-state index contributed by atoms with van der Waals surface area (Å²) in [5.41, 5.74) is 0. The van der Waals surface area contributed by atoms with Gasteiger partial charge in [0.25, 0.3) is 0 Å². The van der Waals surface area contributed by atoms with Gasteiger partial charge >= 0.3 is 0 Å². The maximum atomic E-state index is 9.80. The number of hydrogen-bond donors (Lipinski definition) is 1. The molecule has 0 aromatic rings. The molecule has 0 aliphatic rings. The third-order valence-electron chi connectivity index (χ3n) is 2.29. The van der Waals surface area contributed by atoms with Crippen LogP contribution in [0.3, 0.4) is 0 Å². The molecule has 2 nitrogen and oxygen atoms in total. The summed E-state index contributed by atoms with van der Waals surface area (Å²) in [6.45, 7) is 11.8. The number of nitrogens with zero attached hydrogens (tertiary/aromatic N) is 1. The van der Waals surface area contributed by atoms with Crippen LogP contribution < -0.4 is 0 Å². The van der Waals surface area contributed by atoms with E-state index in [1.165, 1.54) is 12.8 Å². The summed E-state index contributed by atoms with van der Waals surface area (Å²) in [5.74, 6) is 0.593. The largest absolute Gasteiger partial charge is 0.392 e. The molecule has 0 saturated carbocycles. The van der Waals surface area contributed by atoms with Crippen LogP contribution >= 0.6 is 0 Å². The SMILES string of the molecule is CCCN(CCC)CC(O)CC(C)C. The van der Waals surface area contributed by atoms with E-state index in [1.807, 2.05) is 0 Å². The highest BCUT2D eigenvalue weighted by Crippen LogP contribution is 2.06. The Kier molecular flexibility index (Phi) is 8.20. The van der Waals surface area contributed by atoms with E-state index in [2.05, 4.69) is 32.6 Å². The van der Waals surface area contributed by atoms with Gasteiger partial charge in [-0.1, -0.05) is 27.7 Å². The summed E-state index contributed by atoms with van der Waals surface area (Å²) in [4.78, 5) is 2.37. The van der Waals surface area contributed by atoms with Gasteiger partial charge in [0.2, 0.25) is 0 Å². The Morgan fingerprint density at radius 1 is 1.07 bits per heavy atom. The minimum atomic E-state index is -0.145. The maximum absolute atomic E-state index is 9.80. The molecule has 0 heterocycles. The zero-order chi connectivity index (χ0) is 11.0. The van der Waals surface area contributed by atoms with E-state index in [9.17, 15) is 5.11 Å². The minimum Gasteiger partial charge on any atom is -0.392 e. The van der Waals surface area contributed by atoms with E-state index in [-0.39, 0.29) is 6.10 Å². The molecule has 0 aromatic carbocycles. The number of hydrogen-bond acceptors (Lipinski definition) is 2. The second-order valence-corrected chi connectivity index (χ2v) is 4.58. The smallest absolute Gasteiger partial charge is 0.0669 e. The quantitative estimate of drug-likeness (QED) is 0.652. The van der Waals surface area contributed by atoms with Crippen molar-refractivity contribution in [3.8, 4) is 0 Å². The lowest BCUT2D eigenvalue weighted by atomic mass is 10.1. The molecule has 14 heavy (non-hydrogen) atoms. The van der Waals surface area contributed by atoms with Crippen molar-refractivity contribution in [1.82, 2.24) is 4.90 Å². The van der Waals surface area contributed by atoms with Gasteiger partial charge < -0.3 is 10.0 Å². The molecule has 0 aliphatic heterocycles. The molecule has 0 aliphatic carbocycles. The van der Waals surface area contributed by atoms with Crippen LogP contribution in [0.15, 0.2) is 0 Å². The Morgan fingerprint density at radius 3 is 1.93 bits per heavy atom. The Morgan fingerprint density at radius 2 is 1.57 bits per heavy atom. The van der Waals surface area contributed by atoms with E-state index in [4.69, 9.17) is 0 Å². The maximum Gasteiger partial charge on any atom is 0.0669 e. The van der Waals surface area contributed by atoms with Crippen LogP contribution in [0.2, 0.25) is 0 Å². The fourth-order valence-corrected chi connectivity index (χ4v) is 1.84. The first-order chi connectivity index (χ1) is 6.60. The molecule has 0 saturated heterocycles. The van der Waals surface area contributed by atoms with Crippen molar-refractivity contribution in [3.05, 3.63) is 0 Å². The minimum absolute atomic E-state index is 0.145. The molecule has 0 aromatic heterocycles. The predicted molar refractivity (Wildman–Crippen MR) is 62.5 cm³/mol. The summed E-state index contributed by atoms with van der Waals surface area (Å²) in [5, 5.41) is 9.80. The lowest BCUT2D eigenvalue weighted by Crippen LogP contribution is -2.34. The van der Waals surface area contributed by atoms with Gasteiger partial charge in [-0.3, -0.25) is 0 Å². The van der Waals surface area contributed by atoms with Gasteiger partial charge in [0.05, 0.1) is 6.10 Å². The fraction of sp³-hybridized carbons (Fsp3) is 1.00. The van der Waals surface area contributed by atoms with Crippen LogP contribution in [-0.2, 0) is 0 Å². The van der Waals surface area contributed by atoms with Gasteiger partial charge in [-0.25, -0.2) is 0 Å². The fourth-order valence-electron chi connectivity index (χ4n) is 1.84. The standard InChI is InChI=1S/C12H27NO/c1-5-7-13(8-6-2)10-12(14)9-11(3)4/h11-12,14H,5-10H2,1-4H3. The highest BCUT2D eigenvalue weighted by molar-refractivity contribution is 4.65. The van der Waals surface area contributed by atoms with Gasteiger partial charge in [-0.05, 0) is 38.3 Å². The highest BCUT2D eigenvalue weighted by atomic mass is 16.3. The first-order valence-corrected chi connectivity index (χ1v) is 6.00. The Bertz CT molecular complexity index is 119. The Hall–Kier alpha value is -0.0800. The molecular formula is C12H27NO. The summed E-state index contributed by atoms with van der Waals surface area (Å²) in [6, 6.07) is 0. The highest BCUT2D eigenvalue weighted by Gasteiger charge is 2.11. The summed E-state index contributed by atoms with van der Waals surface area (Å²) in [6.07, 6.45) is 3.13. The molecule has 0 bridgehead atoms. The molecule has 86 valence electrons. The molecule has 0 spiro atoms. The Balaban J connectivity index is 3.76. The van der Waals surface area contributed by atoms with Crippen LogP contribution in [-0.4, -0.2) is 35.7 Å². The molecule has 2 heteroatoms. The third-order valence-corrected chi connectivity index (χ3v) is 2.29. The van der Waals surface area contributed by atoms with Crippen molar-refractivity contribution in [3.63, 3.8) is 0 Å². The van der Waals surface area contributed by atoms with Crippen molar-refractivity contribution in [2.75, 3.05) is 19.6 Å². The summed E-state index contributed by atoms with van der Waals surface area (Å²) < 4.78 is 0. The molecule has 0 fully saturated rings. The third kappa shape index (κ3) is 7.34. The summed E-state index contributed by atoms with van der Waals surface area (Å²) >= 11 is 0. The monoisotopic (exact) mass is 201 g/mol. The number of rotatable bonds is 8. The molecule has 0 amide bonds. The van der Waals surface area contributed by atoms with Crippen molar-refractivity contribution < 1.29 is 5.11 Å². The molecule has 1 N–H and O–H groups in total. The molecular weight excluding hydrogens is 174 g/mol. The average Bonchev–Trinajstić information content (AvgIpc) is 2.03. The van der Waals surface area contributed by atoms with E-state index >= 15 is 0 Å². The lowest BCUT2D eigenvalue weighted by Gasteiger charge is -2.24. The van der Waals surface area contributed by atoms with Crippen LogP contribution in [0.1, 0.15) is 47.0 Å². The van der Waals surface area contributed by atoms with Crippen LogP contribution in [0.5, 0.6) is 0 Å². The van der Waals surface area contributed by atoms with Crippen LogP contribution in [0, 0.1) is 5.92 Å². The van der Waals surface area contributed by atoms with Gasteiger partial charge in [0.15, 0.2) is 0 Å². The molecule has 0 rings (SSSR count). The van der Waals surface area contributed by atoms with Gasteiger partial charge in [0.1, 0.15) is 0 Å². The second-order valence-electron chi connectivity index (χ2n) is 4.58. The average molecular weight is 201 g/mol. The zero-order valence-corrected chi connectivity index (χ0v) is 10.3. The normalized spacial score (nSPS) is 13.9. The molecule has 1 unspecified atom stereocenters. The van der Waals surface area contributed by atoms with Crippen molar-refractivity contribution in [2.45, 2.75) is 53.1 Å². The van der Waals surface area contributed by atoms with Crippen molar-refractivity contribution in [2.24, 2.45) is 5.92 Å². The molecule has 0 radical (unpaired) electrons. The van der Waals surface area contributed by atoms with Crippen molar-refractivity contribution in [1.29, 1.82) is 0 Å². The van der Waals surface area contributed by atoms with E-state index in [0.29, 0.717) is 5.92 Å². The number of aliphatic hydroxyl groups excluding tert-OH is 1. The molecule has 1 atom stereocenters. The Labute approximate surface area is 89.3 Å². The predicted octanol–water partition coefficient (Wildman–Crippen LogP) is 2.52. The van der Waals surface area contributed by atoms with Crippen LogP contribution in [0.25, 0.3) is 0 Å². The number of aliphatic hydroxyl groups is 1. The van der Waals surface area contributed by atoms with Gasteiger partial charge in [-0.15, -0.1) is 0 Å². The van der Waals surface area contributed by atoms with E-state index in [1.54, 1.807) is 0 Å². The zero-order valence-electron chi connectivity index (χ0n) is 10.3. The summed E-state index contributed by atoms with van der Waals surface area (Å²) in [7, 11) is 0. The van der Waals surface area contributed by atoms with Crippen molar-refractivity contribution >= 4 is 0 Å². The second kappa shape index (κ2) is 8.25. The van der Waals surface area contributed by atoms with Gasteiger partial charge in [0, 0.05) is 6.54 Å². The van der Waals surface area contributed by atoms with Crippen LogP contribution in [0.4, 0.5) is 0 Å².